The monoisotopic (exact) mass is 584 g/mol. The Hall–Kier alpha value is -3.52. The van der Waals surface area contributed by atoms with Gasteiger partial charge in [-0.2, -0.15) is 0 Å². The van der Waals surface area contributed by atoms with E-state index in [-0.39, 0.29) is 0 Å². The van der Waals surface area contributed by atoms with Crippen LogP contribution in [-0.4, -0.2) is 48.0 Å². The van der Waals surface area contributed by atoms with Gasteiger partial charge in [-0.3, -0.25) is 9.89 Å². The fraction of sp³-hybridized carbons (Fsp3) is 0.371. The molecule has 1 N–H and O–H groups in total. The van der Waals surface area contributed by atoms with Crippen molar-refractivity contribution >= 4 is 23.0 Å². The van der Waals surface area contributed by atoms with Crippen LogP contribution in [-0.2, 0) is 30.9 Å². The molecule has 7 heteroatoms. The molecule has 0 aliphatic carbocycles. The van der Waals surface area contributed by atoms with E-state index in [1.54, 1.807) is 6.08 Å². The Kier molecular flexibility index (Phi) is 9.73. The van der Waals surface area contributed by atoms with E-state index >= 15 is 0 Å². The quantitative estimate of drug-likeness (QED) is 0.193. The molecule has 3 heterocycles. The zero-order valence-corrected chi connectivity index (χ0v) is 25.6. The smallest absolute Gasteiger partial charge is 0.346 e. The summed E-state index contributed by atoms with van der Waals surface area (Å²) in [7, 11) is 0. The van der Waals surface area contributed by atoms with Crippen LogP contribution in [0.15, 0.2) is 65.5 Å². The molecule has 1 saturated heterocycles. The lowest BCUT2D eigenvalue weighted by molar-refractivity contribution is 0.0701. The number of aromatic carboxylic acids is 1. The van der Waals surface area contributed by atoms with E-state index in [2.05, 4.69) is 49.6 Å². The highest BCUT2D eigenvalue weighted by Gasteiger charge is 2.24. The second-order valence-corrected chi connectivity index (χ2v) is 12.2. The van der Waals surface area contributed by atoms with Crippen molar-refractivity contribution in [3.63, 3.8) is 0 Å². The van der Waals surface area contributed by atoms with Gasteiger partial charge in [-0.05, 0) is 79.5 Å². The van der Waals surface area contributed by atoms with Gasteiger partial charge in [-0.25, -0.2) is 4.79 Å². The minimum Gasteiger partial charge on any atom is -0.489 e. The second kappa shape index (κ2) is 13.6. The first kappa shape index (κ1) is 30.0. The van der Waals surface area contributed by atoms with Crippen LogP contribution in [0.3, 0.4) is 0 Å². The molecule has 1 aromatic heterocycles. The van der Waals surface area contributed by atoms with Gasteiger partial charge in [0, 0.05) is 42.7 Å². The maximum absolute atomic E-state index is 11.6. The molecule has 5 rings (SSSR count). The molecule has 1 unspecified atom stereocenters. The van der Waals surface area contributed by atoms with Gasteiger partial charge in [-0.1, -0.05) is 48.6 Å². The molecule has 0 spiro atoms. The van der Waals surface area contributed by atoms with Crippen molar-refractivity contribution in [3.8, 4) is 5.75 Å². The number of thiophene rings is 1. The van der Waals surface area contributed by atoms with Gasteiger partial charge in [0.25, 0.3) is 0 Å². The van der Waals surface area contributed by atoms with Crippen LogP contribution in [0.4, 0.5) is 0 Å². The number of carboxylic acids is 1. The molecule has 6 nitrogen and oxygen atoms in total. The molecule has 2 aromatic carbocycles. The van der Waals surface area contributed by atoms with Gasteiger partial charge in [0.1, 0.15) is 17.2 Å². The first-order valence-electron chi connectivity index (χ1n) is 14.6. The molecule has 0 saturated carbocycles. The van der Waals surface area contributed by atoms with E-state index in [1.165, 1.54) is 40.0 Å². The highest BCUT2D eigenvalue weighted by atomic mass is 32.1. The molecule has 0 radical (unpaired) electrons. The van der Waals surface area contributed by atoms with Crippen LogP contribution >= 0.6 is 11.3 Å². The van der Waals surface area contributed by atoms with E-state index in [0.717, 1.165) is 73.0 Å². The van der Waals surface area contributed by atoms with Crippen LogP contribution in [0.2, 0.25) is 0 Å². The number of nitrogens with zero attached hydrogens (tertiary/aromatic N) is 2. The number of allylic oxidation sites excluding steroid dienone is 3. The number of carbonyl (C=O) groups is 1. The van der Waals surface area contributed by atoms with Gasteiger partial charge in [0.2, 0.25) is 0 Å². The highest BCUT2D eigenvalue weighted by molar-refractivity contribution is 7.12. The number of aliphatic imine (C=N–C) groups is 1. The maximum atomic E-state index is 11.6. The first-order valence-corrected chi connectivity index (χ1v) is 15.5. The Morgan fingerprint density at radius 3 is 2.81 bits per heavy atom. The summed E-state index contributed by atoms with van der Waals surface area (Å²) >= 11 is 1.22. The molecule has 2 aliphatic heterocycles. The van der Waals surface area contributed by atoms with Gasteiger partial charge in [0.05, 0.1) is 18.9 Å². The Labute approximate surface area is 253 Å². The zero-order valence-electron chi connectivity index (χ0n) is 24.8. The molecule has 2 aliphatic rings. The number of rotatable bonds is 11. The molecule has 42 heavy (non-hydrogen) atoms. The molecule has 1 fully saturated rings. The predicted molar refractivity (Wildman–Crippen MR) is 170 cm³/mol. The normalized spacial score (nSPS) is 17.5. The van der Waals surface area contributed by atoms with Gasteiger partial charge in [0.15, 0.2) is 0 Å². The summed E-state index contributed by atoms with van der Waals surface area (Å²) in [5, 5.41) is 11.4. The number of benzene rings is 2. The van der Waals surface area contributed by atoms with E-state index < -0.39 is 5.97 Å². The molecule has 3 aromatic rings. The third kappa shape index (κ3) is 6.92. The Morgan fingerprint density at radius 1 is 1.21 bits per heavy atom. The number of hydrogen-bond acceptors (Lipinski definition) is 6. The van der Waals surface area contributed by atoms with E-state index in [4.69, 9.17) is 14.5 Å². The molecule has 1 atom stereocenters. The Bertz CT molecular complexity index is 1510. The van der Waals surface area contributed by atoms with Crippen LogP contribution < -0.4 is 4.74 Å². The van der Waals surface area contributed by atoms with Crippen molar-refractivity contribution in [1.82, 2.24) is 4.90 Å². The zero-order chi connectivity index (χ0) is 29.6. The second-order valence-electron chi connectivity index (χ2n) is 11.3. The number of hydrogen-bond donors (Lipinski definition) is 1. The van der Waals surface area contributed by atoms with Crippen molar-refractivity contribution in [1.29, 1.82) is 0 Å². The Morgan fingerprint density at radius 2 is 2.07 bits per heavy atom. The minimum absolute atomic E-state index is 0.334. The van der Waals surface area contributed by atoms with Crippen LogP contribution in [0.5, 0.6) is 5.75 Å². The van der Waals surface area contributed by atoms with Crippen molar-refractivity contribution in [2.75, 3.05) is 26.3 Å². The van der Waals surface area contributed by atoms with E-state index in [9.17, 15) is 9.90 Å². The maximum Gasteiger partial charge on any atom is 0.346 e. The summed E-state index contributed by atoms with van der Waals surface area (Å²) in [5.41, 5.74) is 9.85. The van der Waals surface area contributed by atoms with Crippen LogP contribution in [0.1, 0.15) is 60.6 Å². The largest absolute Gasteiger partial charge is 0.489 e. The third-order valence-electron chi connectivity index (χ3n) is 8.34. The fourth-order valence-electron chi connectivity index (χ4n) is 5.92. The van der Waals surface area contributed by atoms with Gasteiger partial charge >= 0.3 is 5.97 Å². The lowest BCUT2D eigenvalue weighted by atomic mass is 9.91. The molecule has 0 bridgehead atoms. The number of fused-ring (bicyclic) bond motifs is 1. The lowest BCUT2D eigenvalue weighted by Gasteiger charge is -2.32. The van der Waals surface area contributed by atoms with E-state index in [1.807, 2.05) is 30.5 Å². The first-order chi connectivity index (χ1) is 20.3. The lowest BCUT2D eigenvalue weighted by Crippen LogP contribution is -2.35. The summed E-state index contributed by atoms with van der Waals surface area (Å²) < 4.78 is 12.0. The van der Waals surface area contributed by atoms with Gasteiger partial charge in [-0.15, -0.1) is 11.3 Å². The molecular weight excluding hydrogens is 544 g/mol. The Balaban J connectivity index is 1.31. The average Bonchev–Trinajstić information content (AvgIpc) is 3.63. The van der Waals surface area contributed by atoms with Crippen LogP contribution in [0, 0.1) is 26.7 Å². The summed E-state index contributed by atoms with van der Waals surface area (Å²) in [6.45, 7) is 15.8. The number of aryl methyl sites for hydroxylation is 1. The molecule has 0 amide bonds. The van der Waals surface area contributed by atoms with Crippen molar-refractivity contribution < 1.29 is 19.4 Å². The van der Waals surface area contributed by atoms with Crippen LogP contribution in [0.25, 0.3) is 0 Å². The molecule has 220 valence electrons. The van der Waals surface area contributed by atoms with E-state index in [0.29, 0.717) is 23.9 Å². The average molecular weight is 585 g/mol. The minimum atomic E-state index is -0.917. The number of carboxylic acid groups (broad SMARTS) is 1. The van der Waals surface area contributed by atoms with Crippen molar-refractivity contribution in [3.05, 3.63) is 110 Å². The summed E-state index contributed by atoms with van der Waals surface area (Å²) in [4.78, 5) is 19.4. The molecular formula is C35H40N2O4S. The number of ether oxygens (including phenoxy) is 2. The topological polar surface area (TPSA) is 71.4 Å². The van der Waals surface area contributed by atoms with Crippen molar-refractivity contribution in [2.45, 2.75) is 53.3 Å². The summed E-state index contributed by atoms with van der Waals surface area (Å²) in [6, 6.07) is 10.7. The summed E-state index contributed by atoms with van der Waals surface area (Å²) in [6.07, 6.45) is 7.64. The fourth-order valence-corrected chi connectivity index (χ4v) is 6.84. The summed E-state index contributed by atoms with van der Waals surface area (Å²) in [5.74, 6) is 0.560. The third-order valence-corrected chi connectivity index (χ3v) is 9.41. The van der Waals surface area contributed by atoms with Crippen molar-refractivity contribution in [2.24, 2.45) is 10.9 Å². The highest BCUT2D eigenvalue weighted by Crippen LogP contribution is 2.29. The SMILES string of the molecule is C=C/C=C\C(=N/Cc1cc(C)ccc1OCc1ccc2c(c1C)CCN(CC1CCOC1)C2)c1csc(C(=O)O)c1C. The predicted octanol–water partition coefficient (Wildman–Crippen LogP) is 7.08. The van der Waals surface area contributed by atoms with Gasteiger partial charge < -0.3 is 14.6 Å². The standard InChI is InChI=1S/C35H40N2O4S/c1-5-6-7-32(31-22-42-34(25(31)4)35(38)39)36-17-29-16-23(2)8-11-33(29)41-21-28-10-9-27-19-37(14-12-30(27)24(28)3)18-26-13-15-40-20-26/h5-11,16,22,26H,1,12-15,17-21H2,2-4H3,(H,38,39)/b7-6-,36-32+.